The van der Waals surface area contributed by atoms with Gasteiger partial charge in [0.25, 0.3) is 0 Å². The van der Waals surface area contributed by atoms with Gasteiger partial charge in [-0.05, 0) is 45.8 Å². The molecule has 0 radical (unpaired) electrons. The summed E-state index contributed by atoms with van der Waals surface area (Å²) in [6, 6.07) is 0.596. The van der Waals surface area contributed by atoms with Crippen LogP contribution in [0.25, 0.3) is 0 Å². The minimum absolute atomic E-state index is 0.405. The largest absolute Gasteiger partial charge is 0.393 e. The summed E-state index contributed by atoms with van der Waals surface area (Å²) < 4.78 is 0. The Balaban J connectivity index is 2.49. The zero-order valence-electron chi connectivity index (χ0n) is 11.7. The highest BCUT2D eigenvalue weighted by Gasteiger charge is 2.44. The molecule has 4 heteroatoms. The summed E-state index contributed by atoms with van der Waals surface area (Å²) in [4.78, 5) is 5.49. The summed E-state index contributed by atoms with van der Waals surface area (Å²) in [5.74, 6) is 0. The fraction of sp³-hybridized carbons (Fsp3) is 0.923. The lowest BCUT2D eigenvalue weighted by atomic mass is 10.0. The van der Waals surface area contributed by atoms with E-state index in [4.69, 9.17) is 18.0 Å². The van der Waals surface area contributed by atoms with Crippen LogP contribution in [0.4, 0.5) is 0 Å². The van der Waals surface area contributed by atoms with Crippen molar-refractivity contribution >= 4 is 17.2 Å². The standard InChI is InChI=1S/C13H27N3S/c1-5-16(11(2)9-15(3)4)10-13(6-7-13)8-12(14)17/h11H,5-10H2,1-4H3,(H2,14,17). The van der Waals surface area contributed by atoms with Gasteiger partial charge in [-0.15, -0.1) is 0 Å². The van der Waals surface area contributed by atoms with E-state index in [2.05, 4.69) is 37.7 Å². The summed E-state index contributed by atoms with van der Waals surface area (Å²) in [6.45, 7) is 7.91. The Morgan fingerprint density at radius 2 is 2.00 bits per heavy atom. The molecule has 0 spiro atoms. The topological polar surface area (TPSA) is 32.5 Å². The Kier molecular flexibility index (Phi) is 5.35. The zero-order chi connectivity index (χ0) is 13.1. The molecule has 1 aliphatic carbocycles. The summed E-state index contributed by atoms with van der Waals surface area (Å²) >= 11 is 5.06. The minimum atomic E-state index is 0.405. The van der Waals surface area contributed by atoms with E-state index in [1.54, 1.807) is 0 Å². The molecule has 0 aromatic carbocycles. The van der Waals surface area contributed by atoms with Crippen LogP contribution in [0.3, 0.4) is 0 Å². The number of thiocarbonyl (C=S) groups is 1. The molecule has 2 N–H and O–H groups in total. The van der Waals surface area contributed by atoms with Crippen molar-refractivity contribution in [1.82, 2.24) is 9.80 Å². The summed E-state index contributed by atoms with van der Waals surface area (Å²) in [5, 5.41) is 0. The molecule has 0 bridgehead atoms. The van der Waals surface area contributed by atoms with Crippen LogP contribution in [0.1, 0.15) is 33.1 Å². The second-order valence-electron chi connectivity index (χ2n) is 5.82. The molecule has 3 nitrogen and oxygen atoms in total. The van der Waals surface area contributed by atoms with Crippen molar-refractivity contribution in [2.45, 2.75) is 39.2 Å². The van der Waals surface area contributed by atoms with Crippen LogP contribution in [0.15, 0.2) is 0 Å². The van der Waals surface area contributed by atoms with E-state index in [1.807, 2.05) is 0 Å². The van der Waals surface area contributed by atoms with Crippen molar-refractivity contribution in [2.75, 3.05) is 33.7 Å². The van der Waals surface area contributed by atoms with E-state index in [-0.39, 0.29) is 0 Å². The van der Waals surface area contributed by atoms with Crippen LogP contribution in [-0.2, 0) is 0 Å². The second kappa shape index (κ2) is 6.12. The first-order valence-corrected chi connectivity index (χ1v) is 6.96. The fourth-order valence-corrected chi connectivity index (χ4v) is 2.90. The highest BCUT2D eigenvalue weighted by Crippen LogP contribution is 2.49. The number of nitrogens with two attached hydrogens (primary N) is 1. The molecule has 0 aromatic heterocycles. The maximum Gasteiger partial charge on any atom is 0.0733 e. The van der Waals surface area contributed by atoms with Crippen molar-refractivity contribution in [3.8, 4) is 0 Å². The first-order valence-electron chi connectivity index (χ1n) is 6.55. The summed E-state index contributed by atoms with van der Waals surface area (Å²) in [6.07, 6.45) is 3.50. The lowest BCUT2D eigenvalue weighted by molar-refractivity contribution is 0.151. The molecule has 0 saturated heterocycles. The van der Waals surface area contributed by atoms with E-state index in [1.165, 1.54) is 12.8 Å². The van der Waals surface area contributed by atoms with Gasteiger partial charge in [-0.2, -0.15) is 0 Å². The molecular weight excluding hydrogens is 230 g/mol. The van der Waals surface area contributed by atoms with Crippen molar-refractivity contribution in [3.05, 3.63) is 0 Å². The lowest BCUT2D eigenvalue weighted by Crippen LogP contribution is -2.43. The van der Waals surface area contributed by atoms with Gasteiger partial charge in [0, 0.05) is 25.6 Å². The van der Waals surface area contributed by atoms with Crippen LogP contribution in [0.2, 0.25) is 0 Å². The third-order valence-electron chi connectivity index (χ3n) is 3.70. The first kappa shape index (κ1) is 14.9. The van der Waals surface area contributed by atoms with Gasteiger partial charge in [0.05, 0.1) is 4.99 Å². The van der Waals surface area contributed by atoms with E-state index in [9.17, 15) is 0 Å². The minimum Gasteiger partial charge on any atom is -0.393 e. The van der Waals surface area contributed by atoms with Gasteiger partial charge in [-0.1, -0.05) is 19.1 Å². The predicted molar refractivity (Wildman–Crippen MR) is 78.3 cm³/mol. The average Bonchev–Trinajstić information content (AvgIpc) is 2.92. The molecule has 1 atom stereocenters. The van der Waals surface area contributed by atoms with Gasteiger partial charge in [-0.3, -0.25) is 4.90 Å². The normalized spacial score (nSPS) is 19.6. The molecule has 0 aliphatic heterocycles. The van der Waals surface area contributed by atoms with Crippen LogP contribution >= 0.6 is 12.2 Å². The molecule has 100 valence electrons. The van der Waals surface area contributed by atoms with Crippen molar-refractivity contribution < 1.29 is 0 Å². The Bertz CT molecular complexity index is 261. The van der Waals surface area contributed by atoms with E-state index < -0.39 is 0 Å². The SMILES string of the molecule is CCN(CC1(CC(N)=S)CC1)C(C)CN(C)C. The van der Waals surface area contributed by atoms with Gasteiger partial charge < -0.3 is 10.6 Å². The second-order valence-corrected chi connectivity index (χ2v) is 6.34. The van der Waals surface area contributed by atoms with E-state index in [0.717, 1.165) is 26.1 Å². The molecule has 1 unspecified atom stereocenters. The lowest BCUT2D eigenvalue weighted by Gasteiger charge is -2.33. The fourth-order valence-electron chi connectivity index (χ4n) is 2.59. The predicted octanol–water partition coefficient (Wildman–Crippen LogP) is 1.71. The monoisotopic (exact) mass is 257 g/mol. The Morgan fingerprint density at radius 3 is 2.35 bits per heavy atom. The van der Waals surface area contributed by atoms with Crippen molar-refractivity contribution in [3.63, 3.8) is 0 Å². The average molecular weight is 257 g/mol. The quantitative estimate of drug-likeness (QED) is 0.671. The van der Waals surface area contributed by atoms with Gasteiger partial charge in [0.15, 0.2) is 0 Å². The van der Waals surface area contributed by atoms with Crippen LogP contribution in [-0.4, -0.2) is 54.6 Å². The number of rotatable bonds is 8. The Morgan fingerprint density at radius 1 is 1.41 bits per heavy atom. The molecule has 1 fully saturated rings. The van der Waals surface area contributed by atoms with Crippen molar-refractivity contribution in [1.29, 1.82) is 0 Å². The number of likely N-dealkylation sites (N-methyl/N-ethyl adjacent to an activating group) is 2. The number of nitrogens with zero attached hydrogens (tertiary/aromatic N) is 2. The third kappa shape index (κ3) is 4.90. The first-order chi connectivity index (χ1) is 7.88. The summed E-state index contributed by atoms with van der Waals surface area (Å²) in [5.41, 5.74) is 6.10. The maximum absolute atomic E-state index is 5.70. The van der Waals surface area contributed by atoms with Gasteiger partial charge >= 0.3 is 0 Å². The third-order valence-corrected chi connectivity index (χ3v) is 3.85. The molecule has 1 saturated carbocycles. The van der Waals surface area contributed by atoms with Gasteiger partial charge in [-0.25, -0.2) is 0 Å². The molecule has 1 rings (SSSR count). The molecular formula is C13H27N3S. The van der Waals surface area contributed by atoms with E-state index in [0.29, 0.717) is 16.4 Å². The Hall–Kier alpha value is -0.190. The van der Waals surface area contributed by atoms with Crippen LogP contribution in [0, 0.1) is 5.41 Å². The molecule has 0 heterocycles. The number of hydrogen-bond acceptors (Lipinski definition) is 3. The molecule has 17 heavy (non-hydrogen) atoms. The maximum atomic E-state index is 5.70. The van der Waals surface area contributed by atoms with Gasteiger partial charge in [0.1, 0.15) is 0 Å². The highest BCUT2D eigenvalue weighted by molar-refractivity contribution is 7.80. The zero-order valence-corrected chi connectivity index (χ0v) is 12.5. The summed E-state index contributed by atoms with van der Waals surface area (Å²) in [7, 11) is 4.26. The smallest absolute Gasteiger partial charge is 0.0733 e. The molecule has 0 amide bonds. The van der Waals surface area contributed by atoms with E-state index >= 15 is 0 Å². The highest BCUT2D eigenvalue weighted by atomic mass is 32.1. The van der Waals surface area contributed by atoms with Crippen LogP contribution < -0.4 is 5.73 Å². The Labute approximate surface area is 111 Å². The molecule has 1 aliphatic rings. The molecule has 0 aromatic rings. The van der Waals surface area contributed by atoms with Crippen LogP contribution in [0.5, 0.6) is 0 Å². The van der Waals surface area contributed by atoms with Gasteiger partial charge in [0.2, 0.25) is 0 Å². The van der Waals surface area contributed by atoms with Crippen molar-refractivity contribution in [2.24, 2.45) is 11.1 Å². The number of hydrogen-bond donors (Lipinski definition) is 1.